The minimum absolute atomic E-state index is 0.0849. The molecule has 0 saturated carbocycles. The van der Waals surface area contributed by atoms with E-state index in [4.69, 9.17) is 0 Å². The van der Waals surface area contributed by atoms with Gasteiger partial charge in [-0.05, 0) is 43.5 Å². The Morgan fingerprint density at radius 1 is 1.31 bits per heavy atom. The number of alkyl halides is 3. The van der Waals surface area contributed by atoms with Gasteiger partial charge in [-0.2, -0.15) is 13.2 Å². The van der Waals surface area contributed by atoms with Crippen LogP contribution in [-0.4, -0.2) is 6.54 Å². The minimum atomic E-state index is -4.25. The quantitative estimate of drug-likeness (QED) is 0.777. The second-order valence-corrected chi connectivity index (χ2v) is 4.22. The molecule has 0 radical (unpaired) electrons. The first kappa shape index (κ1) is 11.5. The summed E-state index contributed by atoms with van der Waals surface area (Å²) in [6, 6.07) is 4.70. The average Bonchev–Trinajstić information content (AvgIpc) is 2.69. The molecule has 0 amide bonds. The third kappa shape index (κ3) is 2.21. The van der Waals surface area contributed by atoms with Crippen LogP contribution in [0, 0.1) is 6.92 Å². The van der Waals surface area contributed by atoms with Crippen molar-refractivity contribution in [2.75, 3.05) is 6.54 Å². The van der Waals surface area contributed by atoms with Crippen LogP contribution in [0.3, 0.4) is 0 Å². The number of hydrogen-bond donors (Lipinski definition) is 1. The van der Waals surface area contributed by atoms with Crippen molar-refractivity contribution in [2.45, 2.75) is 32.0 Å². The molecular weight excluding hydrogens is 215 g/mol. The highest BCUT2D eigenvalue weighted by Crippen LogP contribution is 2.34. The molecule has 0 aromatic heterocycles. The van der Waals surface area contributed by atoms with E-state index in [0.717, 1.165) is 24.9 Å². The molecule has 1 aromatic carbocycles. The zero-order valence-corrected chi connectivity index (χ0v) is 9.06. The molecule has 2 rings (SSSR count). The van der Waals surface area contributed by atoms with Gasteiger partial charge in [0.2, 0.25) is 0 Å². The van der Waals surface area contributed by atoms with Gasteiger partial charge in [-0.3, -0.25) is 0 Å². The van der Waals surface area contributed by atoms with Crippen molar-refractivity contribution in [3.63, 3.8) is 0 Å². The Morgan fingerprint density at radius 3 is 2.62 bits per heavy atom. The summed E-state index contributed by atoms with van der Waals surface area (Å²) in [6.45, 7) is 2.38. The van der Waals surface area contributed by atoms with E-state index in [-0.39, 0.29) is 11.6 Å². The number of hydrogen-bond acceptors (Lipinski definition) is 1. The van der Waals surface area contributed by atoms with Crippen LogP contribution in [0.1, 0.15) is 35.6 Å². The predicted octanol–water partition coefficient (Wildman–Crippen LogP) is 3.44. The first-order chi connectivity index (χ1) is 7.48. The Hall–Kier alpha value is -1.03. The predicted molar refractivity (Wildman–Crippen MR) is 56.2 cm³/mol. The molecule has 1 fully saturated rings. The fourth-order valence-electron chi connectivity index (χ4n) is 2.13. The Morgan fingerprint density at radius 2 is 2.06 bits per heavy atom. The summed E-state index contributed by atoms with van der Waals surface area (Å²) in [6.07, 6.45) is -2.31. The van der Waals surface area contributed by atoms with Crippen molar-refractivity contribution in [1.82, 2.24) is 5.32 Å². The van der Waals surface area contributed by atoms with Gasteiger partial charge >= 0.3 is 6.18 Å². The molecule has 4 heteroatoms. The van der Waals surface area contributed by atoms with Gasteiger partial charge in [-0.1, -0.05) is 12.1 Å². The van der Waals surface area contributed by atoms with Crippen LogP contribution in [0.2, 0.25) is 0 Å². The van der Waals surface area contributed by atoms with Crippen molar-refractivity contribution < 1.29 is 13.2 Å². The molecule has 1 saturated heterocycles. The van der Waals surface area contributed by atoms with Crippen molar-refractivity contribution in [3.05, 3.63) is 34.9 Å². The van der Waals surface area contributed by atoms with Crippen LogP contribution in [0.5, 0.6) is 0 Å². The van der Waals surface area contributed by atoms with Crippen LogP contribution in [-0.2, 0) is 6.18 Å². The van der Waals surface area contributed by atoms with Gasteiger partial charge in [0.25, 0.3) is 0 Å². The number of halogens is 3. The zero-order valence-electron chi connectivity index (χ0n) is 9.06. The lowest BCUT2D eigenvalue weighted by atomic mass is 9.99. The van der Waals surface area contributed by atoms with Crippen molar-refractivity contribution in [3.8, 4) is 0 Å². The average molecular weight is 229 g/mol. The van der Waals surface area contributed by atoms with E-state index in [9.17, 15) is 13.2 Å². The van der Waals surface area contributed by atoms with Crippen LogP contribution >= 0.6 is 0 Å². The monoisotopic (exact) mass is 229 g/mol. The molecule has 1 nitrogen and oxygen atoms in total. The van der Waals surface area contributed by atoms with Crippen molar-refractivity contribution >= 4 is 0 Å². The molecule has 0 spiro atoms. The lowest BCUT2D eigenvalue weighted by molar-refractivity contribution is -0.138. The summed E-state index contributed by atoms with van der Waals surface area (Å²) in [5, 5.41) is 3.20. The summed E-state index contributed by atoms with van der Waals surface area (Å²) >= 11 is 0. The molecule has 1 aliphatic rings. The van der Waals surface area contributed by atoms with Gasteiger partial charge in [-0.15, -0.1) is 0 Å². The van der Waals surface area contributed by atoms with E-state index in [1.807, 2.05) is 0 Å². The number of nitrogens with one attached hydrogen (secondary N) is 1. The number of aryl methyl sites for hydroxylation is 1. The Bertz CT molecular complexity index is 378. The molecule has 1 aliphatic heterocycles. The van der Waals surface area contributed by atoms with Crippen LogP contribution in [0.25, 0.3) is 0 Å². The molecule has 0 bridgehead atoms. The maximum absolute atomic E-state index is 12.7. The first-order valence-electron chi connectivity index (χ1n) is 5.39. The van der Waals surface area contributed by atoms with Gasteiger partial charge in [0.05, 0.1) is 5.56 Å². The Labute approximate surface area is 92.7 Å². The van der Waals surface area contributed by atoms with E-state index in [2.05, 4.69) is 5.32 Å². The first-order valence-corrected chi connectivity index (χ1v) is 5.39. The standard InChI is InChI=1S/C12H14F3N/c1-8-4-5-9(11-3-2-6-16-11)7-10(8)12(13,14)15/h4-5,7,11,16H,2-3,6H2,1H3/t11-/m0/s1. The lowest BCUT2D eigenvalue weighted by Gasteiger charge is -2.15. The molecule has 1 atom stereocenters. The second-order valence-electron chi connectivity index (χ2n) is 4.22. The van der Waals surface area contributed by atoms with Crippen molar-refractivity contribution in [1.29, 1.82) is 0 Å². The summed E-state index contributed by atoms with van der Waals surface area (Å²) in [7, 11) is 0. The largest absolute Gasteiger partial charge is 0.416 e. The molecule has 88 valence electrons. The highest BCUT2D eigenvalue weighted by molar-refractivity contribution is 5.35. The van der Waals surface area contributed by atoms with Crippen molar-refractivity contribution in [2.24, 2.45) is 0 Å². The van der Waals surface area contributed by atoms with E-state index in [1.54, 1.807) is 12.1 Å². The van der Waals surface area contributed by atoms with Gasteiger partial charge in [0.15, 0.2) is 0 Å². The topological polar surface area (TPSA) is 12.0 Å². The minimum Gasteiger partial charge on any atom is -0.310 e. The lowest BCUT2D eigenvalue weighted by Crippen LogP contribution is -2.15. The third-order valence-electron chi connectivity index (χ3n) is 3.03. The number of rotatable bonds is 1. The normalized spacial score (nSPS) is 21.4. The Balaban J connectivity index is 2.35. The Kier molecular flexibility index (Phi) is 2.93. The molecule has 0 aliphatic carbocycles. The molecule has 1 N–H and O–H groups in total. The van der Waals surface area contributed by atoms with Gasteiger partial charge in [-0.25, -0.2) is 0 Å². The smallest absolute Gasteiger partial charge is 0.310 e. The fourth-order valence-corrected chi connectivity index (χ4v) is 2.13. The summed E-state index contributed by atoms with van der Waals surface area (Å²) in [5.74, 6) is 0. The fraction of sp³-hybridized carbons (Fsp3) is 0.500. The maximum Gasteiger partial charge on any atom is 0.416 e. The summed E-state index contributed by atoms with van der Waals surface area (Å²) in [5.41, 5.74) is 0.517. The maximum atomic E-state index is 12.7. The van der Waals surface area contributed by atoms with E-state index in [0.29, 0.717) is 0 Å². The van der Waals surface area contributed by atoms with E-state index < -0.39 is 11.7 Å². The molecule has 16 heavy (non-hydrogen) atoms. The van der Waals surface area contributed by atoms with E-state index >= 15 is 0 Å². The zero-order chi connectivity index (χ0) is 11.8. The van der Waals surface area contributed by atoms with Crippen LogP contribution < -0.4 is 5.32 Å². The van der Waals surface area contributed by atoms with Crippen LogP contribution in [0.15, 0.2) is 18.2 Å². The van der Waals surface area contributed by atoms with Gasteiger partial charge < -0.3 is 5.32 Å². The van der Waals surface area contributed by atoms with Gasteiger partial charge in [0, 0.05) is 6.04 Å². The summed E-state index contributed by atoms with van der Waals surface area (Å²) in [4.78, 5) is 0. The third-order valence-corrected chi connectivity index (χ3v) is 3.03. The van der Waals surface area contributed by atoms with E-state index in [1.165, 1.54) is 13.0 Å². The second kappa shape index (κ2) is 4.09. The highest BCUT2D eigenvalue weighted by atomic mass is 19.4. The SMILES string of the molecule is Cc1ccc([C@@H]2CCCN2)cc1C(F)(F)F. The highest BCUT2D eigenvalue weighted by Gasteiger charge is 2.33. The molecule has 1 aromatic rings. The van der Waals surface area contributed by atoms with Gasteiger partial charge in [0.1, 0.15) is 0 Å². The van der Waals surface area contributed by atoms with Crippen LogP contribution in [0.4, 0.5) is 13.2 Å². The molecule has 1 heterocycles. The number of benzene rings is 1. The summed E-state index contributed by atoms with van der Waals surface area (Å²) < 4.78 is 38.1. The molecule has 0 unspecified atom stereocenters. The molecular formula is C12H14F3N.